The number of carbonyl (C=O) groups excluding carboxylic acids is 1. The quantitative estimate of drug-likeness (QED) is 0.500. The number of nitrogens with zero attached hydrogens (tertiary/aromatic N) is 2. The first kappa shape index (κ1) is 22.6. The molecule has 2 atom stereocenters. The molecular weight excluding hydrogens is 437 g/mol. The Labute approximate surface area is 188 Å². The molecule has 0 spiro atoms. The van der Waals surface area contributed by atoms with E-state index in [1.54, 1.807) is 13.8 Å². The number of alkyl halides is 3. The molecule has 7 nitrogen and oxygen atoms in total. The Morgan fingerprint density at radius 3 is 2.64 bits per heavy atom. The number of aryl methyl sites for hydroxylation is 1. The van der Waals surface area contributed by atoms with Crippen molar-refractivity contribution in [3.05, 3.63) is 46.8 Å². The summed E-state index contributed by atoms with van der Waals surface area (Å²) in [5, 5.41) is 16.6. The number of aromatic nitrogens is 2. The van der Waals surface area contributed by atoms with Gasteiger partial charge in [-0.15, -0.1) is 0 Å². The summed E-state index contributed by atoms with van der Waals surface area (Å²) >= 11 is 0. The normalized spacial score (nSPS) is 16.3. The van der Waals surface area contributed by atoms with Crippen LogP contribution in [0.15, 0.2) is 24.3 Å². The highest BCUT2D eigenvalue weighted by Crippen LogP contribution is 2.43. The molecule has 1 aliphatic heterocycles. The standard InChI is InChI=1S/C23H23F3N4O3/c1-10-5-17-20-18(9-19(32)21(17)33-10)22(29-12(3)28-20)27-11(2)14-6-15(23(24,25)26)8-16(7-14)30-13(4)31/h6-11,32H,5H2,1-4H3,(H,30,31)(H,27,28,29). The second kappa shape index (κ2) is 8.09. The van der Waals surface area contributed by atoms with Gasteiger partial charge < -0.3 is 20.5 Å². The molecule has 3 N–H and O–H groups in total. The van der Waals surface area contributed by atoms with Crippen molar-refractivity contribution in [2.24, 2.45) is 0 Å². The SMILES string of the molecule is CC(=O)Nc1cc(C(C)Nc2nc(C)nc3c4c(c(O)cc23)OC(C)C4)cc(C(F)(F)F)c1. The number of ether oxygens (including phenoxy) is 1. The van der Waals surface area contributed by atoms with E-state index in [-0.39, 0.29) is 17.5 Å². The summed E-state index contributed by atoms with van der Waals surface area (Å²) in [4.78, 5) is 20.4. The summed E-state index contributed by atoms with van der Waals surface area (Å²) in [6.45, 7) is 6.52. The molecule has 33 heavy (non-hydrogen) atoms. The third-order valence-corrected chi connectivity index (χ3v) is 5.40. The van der Waals surface area contributed by atoms with Gasteiger partial charge >= 0.3 is 6.18 Å². The molecule has 1 aliphatic rings. The van der Waals surface area contributed by atoms with Crippen LogP contribution in [0.2, 0.25) is 0 Å². The van der Waals surface area contributed by atoms with E-state index in [0.717, 1.165) is 17.7 Å². The van der Waals surface area contributed by atoms with Crippen molar-refractivity contribution in [3.63, 3.8) is 0 Å². The Kier molecular flexibility index (Phi) is 5.55. The fraction of sp³-hybridized carbons (Fsp3) is 0.348. The average molecular weight is 460 g/mol. The maximum atomic E-state index is 13.4. The molecule has 0 fully saturated rings. The summed E-state index contributed by atoms with van der Waals surface area (Å²) < 4.78 is 46.0. The molecule has 2 aromatic carbocycles. The van der Waals surface area contributed by atoms with Crippen molar-refractivity contribution in [1.29, 1.82) is 0 Å². The van der Waals surface area contributed by atoms with Crippen LogP contribution < -0.4 is 15.4 Å². The maximum Gasteiger partial charge on any atom is 0.416 e. The molecule has 3 aromatic rings. The van der Waals surface area contributed by atoms with Gasteiger partial charge in [-0.1, -0.05) is 0 Å². The number of anilines is 2. The Bertz CT molecular complexity index is 1260. The minimum Gasteiger partial charge on any atom is -0.504 e. The third kappa shape index (κ3) is 4.50. The number of phenols is 1. The van der Waals surface area contributed by atoms with E-state index in [4.69, 9.17) is 4.74 Å². The summed E-state index contributed by atoms with van der Waals surface area (Å²) in [6.07, 6.45) is -4.12. The number of nitrogens with one attached hydrogen (secondary N) is 2. The number of hydrogen-bond acceptors (Lipinski definition) is 6. The predicted octanol–water partition coefficient (Wildman–Crippen LogP) is 5.12. The number of hydrogen-bond donors (Lipinski definition) is 3. The van der Waals surface area contributed by atoms with Gasteiger partial charge in [0.25, 0.3) is 0 Å². The summed E-state index contributed by atoms with van der Waals surface area (Å²) in [5.41, 5.74) is 0.873. The van der Waals surface area contributed by atoms with Gasteiger partial charge in [-0.3, -0.25) is 4.79 Å². The van der Waals surface area contributed by atoms with Crippen LogP contribution in [0.4, 0.5) is 24.7 Å². The van der Waals surface area contributed by atoms with Gasteiger partial charge in [-0.2, -0.15) is 13.2 Å². The monoisotopic (exact) mass is 460 g/mol. The van der Waals surface area contributed by atoms with E-state index in [2.05, 4.69) is 20.6 Å². The largest absolute Gasteiger partial charge is 0.504 e. The van der Waals surface area contributed by atoms with Crippen molar-refractivity contribution < 1.29 is 27.8 Å². The van der Waals surface area contributed by atoms with Crippen LogP contribution in [0.25, 0.3) is 10.9 Å². The fourth-order valence-electron chi connectivity index (χ4n) is 4.00. The Morgan fingerprint density at radius 2 is 1.97 bits per heavy atom. The van der Waals surface area contributed by atoms with E-state index in [9.17, 15) is 23.1 Å². The number of fused-ring (bicyclic) bond motifs is 3. The van der Waals surface area contributed by atoms with E-state index in [1.807, 2.05) is 6.92 Å². The van der Waals surface area contributed by atoms with Gasteiger partial charge in [0.05, 0.1) is 17.1 Å². The molecule has 0 saturated heterocycles. The van der Waals surface area contributed by atoms with E-state index in [1.165, 1.54) is 19.1 Å². The first-order valence-corrected chi connectivity index (χ1v) is 10.4. The maximum absolute atomic E-state index is 13.4. The number of phenolic OH excluding ortho intramolecular Hbond substituents is 1. The summed E-state index contributed by atoms with van der Waals surface area (Å²) in [6, 6.07) is 4.29. The zero-order chi connectivity index (χ0) is 24.1. The topological polar surface area (TPSA) is 96.4 Å². The Balaban J connectivity index is 1.77. The molecule has 4 rings (SSSR count). The lowest BCUT2D eigenvalue weighted by molar-refractivity contribution is -0.137. The zero-order valence-electron chi connectivity index (χ0n) is 18.5. The van der Waals surface area contributed by atoms with Gasteiger partial charge in [-0.05, 0) is 50.6 Å². The van der Waals surface area contributed by atoms with Gasteiger partial charge in [0.15, 0.2) is 11.5 Å². The fourth-order valence-corrected chi connectivity index (χ4v) is 4.00. The van der Waals surface area contributed by atoms with Crippen LogP contribution in [0.3, 0.4) is 0 Å². The molecule has 0 bridgehead atoms. The summed E-state index contributed by atoms with van der Waals surface area (Å²) in [5.74, 6) is 0.717. The van der Waals surface area contributed by atoms with Gasteiger partial charge in [-0.25, -0.2) is 9.97 Å². The molecule has 0 aliphatic carbocycles. The molecule has 174 valence electrons. The lowest BCUT2D eigenvalue weighted by Gasteiger charge is -2.20. The molecule has 1 amide bonds. The average Bonchev–Trinajstić information content (AvgIpc) is 3.10. The zero-order valence-corrected chi connectivity index (χ0v) is 18.5. The molecule has 2 heterocycles. The van der Waals surface area contributed by atoms with Crippen molar-refractivity contribution in [3.8, 4) is 11.5 Å². The van der Waals surface area contributed by atoms with Gasteiger partial charge in [0.1, 0.15) is 17.7 Å². The smallest absolute Gasteiger partial charge is 0.416 e. The van der Waals surface area contributed by atoms with Gasteiger partial charge in [0, 0.05) is 30.0 Å². The van der Waals surface area contributed by atoms with Crippen LogP contribution in [-0.4, -0.2) is 27.1 Å². The van der Waals surface area contributed by atoms with Crippen LogP contribution in [0, 0.1) is 6.92 Å². The highest BCUT2D eigenvalue weighted by Gasteiger charge is 2.32. The first-order valence-electron chi connectivity index (χ1n) is 10.4. The van der Waals surface area contributed by atoms with Gasteiger partial charge in [0.2, 0.25) is 5.91 Å². The molecule has 0 radical (unpaired) electrons. The third-order valence-electron chi connectivity index (χ3n) is 5.40. The molecule has 1 aromatic heterocycles. The Hall–Kier alpha value is -3.56. The van der Waals surface area contributed by atoms with Crippen molar-refractivity contribution in [1.82, 2.24) is 9.97 Å². The van der Waals surface area contributed by atoms with E-state index >= 15 is 0 Å². The van der Waals surface area contributed by atoms with E-state index < -0.39 is 23.7 Å². The van der Waals surface area contributed by atoms with Crippen molar-refractivity contribution in [2.75, 3.05) is 10.6 Å². The lowest BCUT2D eigenvalue weighted by atomic mass is 10.0. The van der Waals surface area contributed by atoms with Crippen molar-refractivity contribution in [2.45, 2.75) is 52.4 Å². The van der Waals surface area contributed by atoms with Crippen LogP contribution in [0.1, 0.15) is 49.3 Å². The number of aromatic hydroxyl groups is 1. The number of amides is 1. The highest BCUT2D eigenvalue weighted by molar-refractivity contribution is 5.95. The molecule has 10 heteroatoms. The Morgan fingerprint density at radius 1 is 1.24 bits per heavy atom. The van der Waals surface area contributed by atoms with Crippen LogP contribution in [-0.2, 0) is 17.4 Å². The number of rotatable bonds is 4. The summed E-state index contributed by atoms with van der Waals surface area (Å²) in [7, 11) is 0. The molecule has 0 saturated carbocycles. The second-order valence-electron chi connectivity index (χ2n) is 8.24. The number of carbonyl (C=O) groups is 1. The van der Waals surface area contributed by atoms with Crippen LogP contribution >= 0.6 is 0 Å². The predicted molar refractivity (Wildman–Crippen MR) is 118 cm³/mol. The van der Waals surface area contributed by atoms with E-state index in [0.29, 0.717) is 40.3 Å². The lowest BCUT2D eigenvalue weighted by Crippen LogP contribution is -2.14. The molecular formula is C23H23F3N4O3. The minimum absolute atomic E-state index is 0.0444. The minimum atomic E-state index is -4.58. The number of halogens is 3. The highest BCUT2D eigenvalue weighted by atomic mass is 19.4. The second-order valence-corrected chi connectivity index (χ2v) is 8.24. The number of benzene rings is 2. The van der Waals surface area contributed by atoms with Crippen molar-refractivity contribution >= 4 is 28.3 Å². The molecule has 2 unspecified atom stereocenters. The van der Waals surface area contributed by atoms with Crippen LogP contribution in [0.5, 0.6) is 11.5 Å². The first-order chi connectivity index (χ1) is 15.4.